The molecule has 0 aliphatic heterocycles. The van der Waals surface area contributed by atoms with Crippen LogP contribution in [0, 0.1) is 5.92 Å². The van der Waals surface area contributed by atoms with Gasteiger partial charge >= 0.3 is 0 Å². The molecule has 18 heavy (non-hydrogen) atoms. The molecule has 0 saturated heterocycles. The van der Waals surface area contributed by atoms with E-state index in [4.69, 9.17) is 0 Å². The first kappa shape index (κ1) is 15.8. The van der Waals surface area contributed by atoms with Crippen LogP contribution in [0.15, 0.2) is 16.6 Å². The third kappa shape index (κ3) is 6.07. The van der Waals surface area contributed by atoms with Gasteiger partial charge in [0, 0.05) is 20.1 Å². The summed E-state index contributed by atoms with van der Waals surface area (Å²) in [5.74, 6) is 1.86. The van der Waals surface area contributed by atoms with E-state index in [1.54, 1.807) is 5.57 Å². The van der Waals surface area contributed by atoms with Crippen LogP contribution >= 0.6 is 24.0 Å². The molecule has 1 saturated carbocycles. The fourth-order valence-electron chi connectivity index (χ4n) is 2.26. The topological polar surface area (TPSA) is 36.4 Å². The summed E-state index contributed by atoms with van der Waals surface area (Å²) in [5.41, 5.74) is 1.63. The lowest BCUT2D eigenvalue weighted by Gasteiger charge is -2.15. The molecule has 0 bridgehead atoms. The average Bonchev–Trinajstić information content (AvgIpc) is 3.19. The molecule has 4 heteroatoms. The lowest BCUT2D eigenvalue weighted by Crippen LogP contribution is -2.38. The summed E-state index contributed by atoms with van der Waals surface area (Å²) < 4.78 is 0. The summed E-state index contributed by atoms with van der Waals surface area (Å²) in [6.45, 7) is 2.10. The van der Waals surface area contributed by atoms with Gasteiger partial charge in [0.05, 0.1) is 0 Å². The van der Waals surface area contributed by atoms with Crippen LogP contribution in [0.25, 0.3) is 0 Å². The summed E-state index contributed by atoms with van der Waals surface area (Å²) in [6, 6.07) is 0. The van der Waals surface area contributed by atoms with Crippen LogP contribution in [-0.4, -0.2) is 26.1 Å². The van der Waals surface area contributed by atoms with Crippen LogP contribution in [0.3, 0.4) is 0 Å². The fraction of sp³-hybridized carbons (Fsp3) is 0.786. The molecule has 3 nitrogen and oxygen atoms in total. The van der Waals surface area contributed by atoms with Crippen molar-refractivity contribution in [2.75, 3.05) is 20.1 Å². The quantitative estimate of drug-likeness (QED) is 0.341. The molecule has 0 atom stereocenters. The van der Waals surface area contributed by atoms with Gasteiger partial charge in [0.25, 0.3) is 0 Å². The largest absolute Gasteiger partial charge is 0.356 e. The number of aliphatic imine (C=N–C) groups is 1. The highest BCUT2D eigenvalue weighted by molar-refractivity contribution is 14.0. The van der Waals surface area contributed by atoms with Crippen molar-refractivity contribution in [3.63, 3.8) is 0 Å². The second-order valence-electron chi connectivity index (χ2n) is 5.18. The number of guanidine groups is 1. The Bertz CT molecular complexity index is 295. The number of nitrogens with one attached hydrogen (secondary N) is 2. The van der Waals surface area contributed by atoms with Crippen molar-refractivity contribution < 1.29 is 0 Å². The van der Waals surface area contributed by atoms with Crippen LogP contribution in [0.5, 0.6) is 0 Å². The zero-order valence-electron chi connectivity index (χ0n) is 11.4. The van der Waals surface area contributed by atoms with E-state index < -0.39 is 0 Å². The summed E-state index contributed by atoms with van der Waals surface area (Å²) >= 11 is 0. The standard InChI is InChI=1S/C14H25N3.HI/c1-15-14(17-11-13-7-8-13)16-10-9-12-5-3-2-4-6-12;/h5,13H,2-4,6-11H2,1H3,(H2,15,16,17);1H. The predicted octanol–water partition coefficient (Wildman–Crippen LogP) is 3.07. The van der Waals surface area contributed by atoms with Gasteiger partial charge in [-0.3, -0.25) is 4.99 Å². The van der Waals surface area contributed by atoms with Gasteiger partial charge in [-0.15, -0.1) is 24.0 Å². The molecular weight excluding hydrogens is 337 g/mol. The van der Waals surface area contributed by atoms with E-state index in [-0.39, 0.29) is 24.0 Å². The number of hydrogen-bond donors (Lipinski definition) is 2. The molecular formula is C14H26IN3. The van der Waals surface area contributed by atoms with Crippen LogP contribution < -0.4 is 10.6 Å². The van der Waals surface area contributed by atoms with Crippen molar-refractivity contribution in [1.82, 2.24) is 10.6 Å². The van der Waals surface area contributed by atoms with Gasteiger partial charge in [-0.1, -0.05) is 11.6 Å². The molecule has 2 N–H and O–H groups in total. The maximum absolute atomic E-state index is 4.25. The minimum absolute atomic E-state index is 0. The van der Waals surface area contributed by atoms with Gasteiger partial charge in [-0.2, -0.15) is 0 Å². The summed E-state index contributed by atoms with van der Waals surface area (Å²) in [7, 11) is 1.85. The lowest BCUT2D eigenvalue weighted by atomic mass is 9.97. The minimum atomic E-state index is 0. The number of rotatable bonds is 5. The van der Waals surface area contributed by atoms with Crippen LogP contribution in [0.1, 0.15) is 44.9 Å². The molecule has 0 spiro atoms. The van der Waals surface area contributed by atoms with Crippen molar-refractivity contribution >= 4 is 29.9 Å². The SMILES string of the molecule is CN=C(NCCC1=CCCCC1)NCC1CC1.I. The van der Waals surface area contributed by atoms with Crippen molar-refractivity contribution in [3.05, 3.63) is 11.6 Å². The van der Waals surface area contributed by atoms with Gasteiger partial charge < -0.3 is 10.6 Å². The molecule has 104 valence electrons. The summed E-state index contributed by atoms with van der Waals surface area (Å²) in [5, 5.41) is 6.79. The molecule has 0 amide bonds. The van der Waals surface area contributed by atoms with Gasteiger partial charge in [0.1, 0.15) is 0 Å². The Balaban J connectivity index is 0.00000162. The maximum atomic E-state index is 4.25. The number of halogens is 1. The van der Waals surface area contributed by atoms with Gasteiger partial charge in [0.2, 0.25) is 0 Å². The van der Waals surface area contributed by atoms with Crippen LogP contribution in [0.4, 0.5) is 0 Å². The Hall–Kier alpha value is -0.260. The second kappa shape index (κ2) is 8.77. The predicted molar refractivity (Wildman–Crippen MR) is 88.7 cm³/mol. The van der Waals surface area contributed by atoms with E-state index >= 15 is 0 Å². The van der Waals surface area contributed by atoms with Gasteiger partial charge in [-0.25, -0.2) is 0 Å². The number of nitrogens with zero attached hydrogens (tertiary/aromatic N) is 1. The minimum Gasteiger partial charge on any atom is -0.356 e. The Morgan fingerprint density at radius 3 is 2.78 bits per heavy atom. The molecule has 0 heterocycles. The highest BCUT2D eigenvalue weighted by Gasteiger charge is 2.20. The highest BCUT2D eigenvalue weighted by Crippen LogP contribution is 2.27. The highest BCUT2D eigenvalue weighted by atomic mass is 127. The molecule has 2 aliphatic carbocycles. The maximum Gasteiger partial charge on any atom is 0.190 e. The molecule has 0 aromatic carbocycles. The van der Waals surface area contributed by atoms with E-state index in [1.807, 2.05) is 7.05 Å². The normalized spacial score (nSPS) is 19.8. The Morgan fingerprint density at radius 2 is 2.17 bits per heavy atom. The summed E-state index contributed by atoms with van der Waals surface area (Å²) in [6.07, 6.45) is 11.7. The molecule has 0 unspecified atom stereocenters. The Labute approximate surface area is 128 Å². The molecule has 2 rings (SSSR count). The zero-order chi connectivity index (χ0) is 11.9. The first-order valence-electron chi connectivity index (χ1n) is 7.01. The van der Waals surface area contributed by atoms with Gasteiger partial charge in [0.15, 0.2) is 5.96 Å². The molecule has 0 aromatic heterocycles. The first-order chi connectivity index (χ1) is 8.38. The van der Waals surface area contributed by atoms with Crippen molar-refractivity contribution in [2.24, 2.45) is 10.9 Å². The fourth-order valence-corrected chi connectivity index (χ4v) is 2.26. The smallest absolute Gasteiger partial charge is 0.190 e. The zero-order valence-corrected chi connectivity index (χ0v) is 13.7. The molecule has 0 radical (unpaired) electrons. The number of hydrogen-bond acceptors (Lipinski definition) is 1. The lowest BCUT2D eigenvalue weighted by molar-refractivity contribution is 0.663. The van der Waals surface area contributed by atoms with Crippen molar-refractivity contribution in [3.8, 4) is 0 Å². The van der Waals surface area contributed by atoms with E-state index in [9.17, 15) is 0 Å². The van der Waals surface area contributed by atoms with E-state index in [0.29, 0.717) is 0 Å². The van der Waals surface area contributed by atoms with E-state index in [0.717, 1.165) is 25.0 Å². The summed E-state index contributed by atoms with van der Waals surface area (Å²) in [4.78, 5) is 4.25. The van der Waals surface area contributed by atoms with Crippen molar-refractivity contribution in [2.45, 2.75) is 44.9 Å². The third-order valence-electron chi connectivity index (χ3n) is 3.60. The first-order valence-corrected chi connectivity index (χ1v) is 7.01. The molecule has 2 aliphatic rings. The Kier molecular flexibility index (Phi) is 7.70. The monoisotopic (exact) mass is 363 g/mol. The van der Waals surface area contributed by atoms with Crippen LogP contribution in [0.2, 0.25) is 0 Å². The van der Waals surface area contributed by atoms with Gasteiger partial charge in [-0.05, 0) is 50.9 Å². The van der Waals surface area contributed by atoms with Crippen molar-refractivity contribution in [1.29, 1.82) is 0 Å². The van der Waals surface area contributed by atoms with E-state index in [1.165, 1.54) is 44.9 Å². The number of allylic oxidation sites excluding steroid dienone is 1. The second-order valence-corrected chi connectivity index (χ2v) is 5.18. The average molecular weight is 363 g/mol. The molecule has 0 aromatic rings. The van der Waals surface area contributed by atoms with Crippen LogP contribution in [-0.2, 0) is 0 Å². The molecule has 1 fully saturated rings. The van der Waals surface area contributed by atoms with E-state index in [2.05, 4.69) is 21.7 Å². The third-order valence-corrected chi connectivity index (χ3v) is 3.60. The Morgan fingerprint density at radius 1 is 1.33 bits per heavy atom.